The summed E-state index contributed by atoms with van der Waals surface area (Å²) >= 11 is 0. The molecule has 0 unspecified atom stereocenters. The molecule has 0 spiro atoms. The van der Waals surface area contributed by atoms with E-state index in [1.54, 1.807) is 18.3 Å². The van der Waals surface area contributed by atoms with Gasteiger partial charge in [0.05, 0.1) is 5.69 Å². The first-order chi connectivity index (χ1) is 13.7. The lowest BCUT2D eigenvalue weighted by atomic mass is 10.2. The van der Waals surface area contributed by atoms with Crippen LogP contribution in [0.5, 0.6) is 0 Å². The molecule has 2 fully saturated rings. The minimum atomic E-state index is -0.214. The number of halogens is 1. The number of piperazine rings is 1. The summed E-state index contributed by atoms with van der Waals surface area (Å²) in [6.45, 7) is 4.47. The third kappa shape index (κ3) is 4.11. The van der Waals surface area contributed by atoms with Crippen molar-refractivity contribution in [2.24, 2.45) is 0 Å². The molecule has 0 N–H and O–H groups in total. The van der Waals surface area contributed by atoms with Crippen LogP contribution < -0.4 is 9.80 Å². The molecule has 0 bridgehead atoms. The van der Waals surface area contributed by atoms with Crippen molar-refractivity contribution in [3.05, 3.63) is 54.1 Å². The van der Waals surface area contributed by atoms with Crippen LogP contribution in [0.25, 0.3) is 0 Å². The largest absolute Gasteiger partial charge is 0.371 e. The molecule has 0 aliphatic carbocycles. The fourth-order valence-corrected chi connectivity index (χ4v) is 4.08. The molecule has 6 heteroatoms. The summed E-state index contributed by atoms with van der Waals surface area (Å²) in [5.74, 6) is -0.251. The molecule has 1 aromatic carbocycles. The second-order valence-corrected chi connectivity index (χ2v) is 7.53. The molecule has 0 radical (unpaired) electrons. The Kier molecular flexibility index (Phi) is 5.74. The van der Waals surface area contributed by atoms with Crippen LogP contribution in [-0.4, -0.2) is 55.1 Å². The number of carbonyl (C=O) groups is 1. The highest BCUT2D eigenvalue weighted by molar-refractivity contribution is 5.93. The van der Waals surface area contributed by atoms with Crippen molar-refractivity contribution in [2.75, 3.05) is 49.1 Å². The van der Waals surface area contributed by atoms with Gasteiger partial charge in [-0.25, -0.2) is 4.39 Å². The number of nitrogens with zero attached hydrogens (tertiary/aromatic N) is 4. The molecule has 0 saturated carbocycles. The van der Waals surface area contributed by atoms with Gasteiger partial charge in [0.2, 0.25) is 0 Å². The van der Waals surface area contributed by atoms with Crippen LogP contribution in [0.4, 0.5) is 15.8 Å². The standard InChI is InChI=1S/C22H27FN4O/c23-19-7-3-4-8-21(19)26-13-15-27(16-14-26)22(28)20-17-18(9-10-24-20)25-11-5-1-2-6-12-25/h3-4,7-10,17H,1-2,5-6,11-16H2. The van der Waals surface area contributed by atoms with Gasteiger partial charge >= 0.3 is 0 Å². The van der Waals surface area contributed by atoms with Gasteiger partial charge in [0.1, 0.15) is 11.5 Å². The minimum absolute atomic E-state index is 0.0372. The van der Waals surface area contributed by atoms with Gasteiger partial charge in [-0.05, 0) is 37.1 Å². The zero-order valence-corrected chi connectivity index (χ0v) is 16.2. The van der Waals surface area contributed by atoms with Crippen molar-refractivity contribution < 1.29 is 9.18 Å². The van der Waals surface area contributed by atoms with E-state index >= 15 is 0 Å². The number of hydrogen-bond acceptors (Lipinski definition) is 4. The van der Waals surface area contributed by atoms with Crippen LogP contribution >= 0.6 is 0 Å². The molecule has 5 nitrogen and oxygen atoms in total. The SMILES string of the molecule is O=C(c1cc(N2CCCCCC2)ccn1)N1CCN(c2ccccc2F)CC1. The van der Waals surface area contributed by atoms with Gasteiger partial charge in [0, 0.05) is 51.2 Å². The van der Waals surface area contributed by atoms with Crippen LogP contribution in [0.1, 0.15) is 36.2 Å². The Balaban J connectivity index is 1.41. The van der Waals surface area contributed by atoms with Gasteiger partial charge in [0.25, 0.3) is 5.91 Å². The first-order valence-corrected chi connectivity index (χ1v) is 10.2. The van der Waals surface area contributed by atoms with E-state index in [1.165, 1.54) is 31.7 Å². The molecule has 148 valence electrons. The maximum atomic E-state index is 14.0. The Morgan fingerprint density at radius 2 is 1.57 bits per heavy atom. The number of rotatable bonds is 3. The zero-order chi connectivity index (χ0) is 19.3. The van der Waals surface area contributed by atoms with E-state index in [9.17, 15) is 9.18 Å². The monoisotopic (exact) mass is 382 g/mol. The molecule has 4 rings (SSSR count). The van der Waals surface area contributed by atoms with E-state index in [0.29, 0.717) is 37.6 Å². The molecule has 2 saturated heterocycles. The number of pyridine rings is 1. The predicted molar refractivity (Wildman–Crippen MR) is 109 cm³/mol. The molecule has 1 amide bonds. The van der Waals surface area contributed by atoms with Crippen LogP contribution in [0.3, 0.4) is 0 Å². The van der Waals surface area contributed by atoms with Gasteiger partial charge in [-0.2, -0.15) is 0 Å². The first-order valence-electron chi connectivity index (χ1n) is 10.2. The summed E-state index contributed by atoms with van der Waals surface area (Å²) < 4.78 is 14.0. The number of benzene rings is 1. The van der Waals surface area contributed by atoms with Crippen molar-refractivity contribution in [3.8, 4) is 0 Å². The lowest BCUT2D eigenvalue weighted by Crippen LogP contribution is -2.49. The van der Waals surface area contributed by atoms with Crippen LogP contribution in [0.2, 0.25) is 0 Å². The minimum Gasteiger partial charge on any atom is -0.371 e. The maximum absolute atomic E-state index is 14.0. The summed E-state index contributed by atoms with van der Waals surface area (Å²) in [5.41, 5.74) is 2.20. The summed E-state index contributed by atoms with van der Waals surface area (Å²) in [7, 11) is 0. The van der Waals surface area contributed by atoms with Crippen molar-refractivity contribution in [3.63, 3.8) is 0 Å². The second kappa shape index (κ2) is 8.59. The van der Waals surface area contributed by atoms with Crippen molar-refractivity contribution >= 4 is 17.3 Å². The van der Waals surface area contributed by atoms with Gasteiger partial charge in [-0.15, -0.1) is 0 Å². The highest BCUT2D eigenvalue weighted by Crippen LogP contribution is 2.22. The quantitative estimate of drug-likeness (QED) is 0.814. The smallest absolute Gasteiger partial charge is 0.272 e. The summed E-state index contributed by atoms with van der Waals surface area (Å²) in [6.07, 6.45) is 6.69. The number of amides is 1. The van der Waals surface area contributed by atoms with Gasteiger partial charge in [-0.1, -0.05) is 25.0 Å². The predicted octanol–water partition coefficient (Wildman–Crippen LogP) is 3.56. The molecule has 3 heterocycles. The summed E-state index contributed by atoms with van der Waals surface area (Å²) in [5, 5.41) is 0. The van der Waals surface area contributed by atoms with Crippen molar-refractivity contribution in [1.29, 1.82) is 0 Å². The Morgan fingerprint density at radius 1 is 0.857 bits per heavy atom. The number of hydrogen-bond donors (Lipinski definition) is 0. The fourth-order valence-electron chi connectivity index (χ4n) is 4.08. The number of carbonyl (C=O) groups excluding carboxylic acids is 1. The third-order valence-electron chi connectivity index (χ3n) is 5.69. The Labute approximate surface area is 165 Å². The average molecular weight is 382 g/mol. The second-order valence-electron chi connectivity index (χ2n) is 7.53. The normalized spacial score (nSPS) is 18.1. The fraction of sp³-hybridized carbons (Fsp3) is 0.455. The number of anilines is 2. The molecular formula is C22H27FN4O. The van der Waals surface area contributed by atoms with Gasteiger partial charge in [-0.3, -0.25) is 9.78 Å². The summed E-state index contributed by atoms with van der Waals surface area (Å²) in [6, 6.07) is 10.7. The van der Waals surface area contributed by atoms with Crippen molar-refractivity contribution in [1.82, 2.24) is 9.88 Å². The Bertz CT molecular complexity index is 812. The average Bonchev–Trinajstić information content (AvgIpc) is 3.04. The van der Waals surface area contributed by atoms with Crippen LogP contribution in [-0.2, 0) is 0 Å². The van der Waals surface area contributed by atoms with Crippen LogP contribution in [0, 0.1) is 5.82 Å². The first kappa shape index (κ1) is 18.7. The van der Waals surface area contributed by atoms with E-state index in [1.807, 2.05) is 28.0 Å². The van der Waals surface area contributed by atoms with E-state index in [0.717, 1.165) is 18.8 Å². The van der Waals surface area contributed by atoms with E-state index in [2.05, 4.69) is 9.88 Å². The highest BCUT2D eigenvalue weighted by atomic mass is 19.1. The van der Waals surface area contributed by atoms with E-state index in [4.69, 9.17) is 0 Å². The molecule has 1 aromatic heterocycles. The Morgan fingerprint density at radius 3 is 2.29 bits per heavy atom. The molecule has 2 aliphatic rings. The lowest BCUT2D eigenvalue weighted by Gasteiger charge is -2.36. The topological polar surface area (TPSA) is 39.7 Å². The zero-order valence-electron chi connectivity index (χ0n) is 16.2. The molecule has 28 heavy (non-hydrogen) atoms. The van der Waals surface area contributed by atoms with Gasteiger partial charge < -0.3 is 14.7 Å². The molecule has 2 aromatic rings. The number of aromatic nitrogens is 1. The maximum Gasteiger partial charge on any atom is 0.272 e. The number of para-hydroxylation sites is 1. The van der Waals surface area contributed by atoms with E-state index in [-0.39, 0.29) is 11.7 Å². The summed E-state index contributed by atoms with van der Waals surface area (Å²) in [4.78, 5) is 23.5. The van der Waals surface area contributed by atoms with Gasteiger partial charge in [0.15, 0.2) is 0 Å². The molecule has 2 aliphatic heterocycles. The lowest BCUT2D eigenvalue weighted by molar-refractivity contribution is 0.0741. The third-order valence-corrected chi connectivity index (χ3v) is 5.69. The molecular weight excluding hydrogens is 355 g/mol. The molecule has 0 atom stereocenters. The van der Waals surface area contributed by atoms with E-state index < -0.39 is 0 Å². The van der Waals surface area contributed by atoms with Crippen molar-refractivity contribution in [2.45, 2.75) is 25.7 Å². The highest BCUT2D eigenvalue weighted by Gasteiger charge is 2.24. The van der Waals surface area contributed by atoms with Crippen LogP contribution in [0.15, 0.2) is 42.6 Å². The Hall–Kier alpha value is -2.63.